The van der Waals surface area contributed by atoms with Crippen molar-refractivity contribution in [3.63, 3.8) is 0 Å². The molecule has 0 atom stereocenters. The smallest absolute Gasteiger partial charge is 0.336 e. The Morgan fingerprint density at radius 2 is 1.72 bits per heavy atom. The summed E-state index contributed by atoms with van der Waals surface area (Å²) in [6.45, 7) is 9.66. The number of methoxy groups -OCH3 is 2. The van der Waals surface area contributed by atoms with Gasteiger partial charge in [-0.15, -0.1) is 0 Å². The summed E-state index contributed by atoms with van der Waals surface area (Å²) in [6, 6.07) is 4.40. The highest BCUT2D eigenvalue weighted by Gasteiger charge is 2.37. The van der Waals surface area contributed by atoms with Gasteiger partial charge in [0.2, 0.25) is 0 Å². The van der Waals surface area contributed by atoms with Crippen molar-refractivity contribution >= 4 is 35.0 Å². The molecule has 10 heteroatoms. The number of piperidine rings is 1. The highest BCUT2D eigenvalue weighted by Crippen LogP contribution is 2.40. The molecule has 8 nitrogen and oxygen atoms in total. The largest absolute Gasteiger partial charge is 0.466 e. The third-order valence-electron chi connectivity index (χ3n) is 7.48. The van der Waals surface area contributed by atoms with Crippen LogP contribution in [0.4, 0.5) is 10.1 Å². The summed E-state index contributed by atoms with van der Waals surface area (Å²) in [5, 5.41) is 9.47. The number of thiocarbonyl (C=S) groups is 1. The fourth-order valence-electron chi connectivity index (χ4n) is 5.48. The van der Waals surface area contributed by atoms with Crippen molar-refractivity contribution in [2.75, 3.05) is 45.7 Å². The van der Waals surface area contributed by atoms with Gasteiger partial charge in [-0.1, -0.05) is 25.8 Å². The number of likely N-dealkylation sites (tertiary alicyclic amines) is 1. The number of nitrogens with zero attached hydrogens (tertiary/aromatic N) is 1. The lowest BCUT2D eigenvalue weighted by atomic mass is 9.80. The summed E-state index contributed by atoms with van der Waals surface area (Å²) in [4.78, 5) is 28.0. The number of esters is 2. The average Bonchev–Trinajstić information content (AvgIpc) is 2.92. The van der Waals surface area contributed by atoms with Crippen LogP contribution in [-0.2, 0) is 19.1 Å². The maximum absolute atomic E-state index is 14.8. The van der Waals surface area contributed by atoms with Crippen LogP contribution in [-0.4, -0.2) is 62.3 Å². The third kappa shape index (κ3) is 7.79. The van der Waals surface area contributed by atoms with E-state index in [4.69, 9.17) is 21.7 Å². The van der Waals surface area contributed by atoms with Crippen LogP contribution in [0, 0.1) is 11.7 Å². The van der Waals surface area contributed by atoms with Crippen molar-refractivity contribution < 1.29 is 23.5 Å². The molecule has 1 saturated heterocycles. The number of anilines is 1. The molecule has 2 aliphatic rings. The van der Waals surface area contributed by atoms with E-state index in [1.54, 1.807) is 26.0 Å². The Labute approximate surface area is 236 Å². The Morgan fingerprint density at radius 3 is 2.28 bits per heavy atom. The molecule has 39 heavy (non-hydrogen) atoms. The van der Waals surface area contributed by atoms with Crippen molar-refractivity contribution in [2.45, 2.75) is 58.8 Å². The standard InChI is InChI=1S/C29H41FN4O4S/c1-6-8-20-11-15-34(16-12-20)14-7-13-31-29(39)33-23-17-21(9-10-22(23)30)26-24(27(35)37-4)18(2)32-19(3)25(26)28(36)38-5/h9-10,17,20,26,32H,6-8,11-16H2,1-5H3,(H2,31,33,39). The van der Waals surface area contributed by atoms with Crippen LogP contribution < -0.4 is 16.0 Å². The fourth-order valence-corrected chi connectivity index (χ4v) is 5.70. The lowest BCUT2D eigenvalue weighted by molar-refractivity contribution is -0.137. The van der Waals surface area contributed by atoms with Gasteiger partial charge in [-0.2, -0.15) is 0 Å². The Morgan fingerprint density at radius 1 is 1.10 bits per heavy atom. The van der Waals surface area contributed by atoms with Gasteiger partial charge in [-0.3, -0.25) is 0 Å². The number of hydrogen-bond acceptors (Lipinski definition) is 7. The number of dihydropyridines is 1. The molecule has 0 radical (unpaired) electrons. The summed E-state index contributed by atoms with van der Waals surface area (Å²) in [5.74, 6) is -1.64. The SMILES string of the molecule is CCCC1CCN(CCCNC(=S)Nc2cc(C3C(C(=O)OC)=C(C)NC(C)=C3C(=O)OC)ccc2F)CC1. The predicted octanol–water partition coefficient (Wildman–Crippen LogP) is 4.60. The zero-order valence-corrected chi connectivity index (χ0v) is 24.4. The van der Waals surface area contributed by atoms with Crippen LogP contribution in [0.1, 0.15) is 64.4 Å². The molecule has 0 aromatic heterocycles. The first kappa shape index (κ1) is 30.6. The molecule has 0 bridgehead atoms. The maximum atomic E-state index is 14.8. The fraction of sp³-hybridized carbons (Fsp3) is 0.552. The Balaban J connectivity index is 1.68. The summed E-state index contributed by atoms with van der Waals surface area (Å²) < 4.78 is 24.8. The van der Waals surface area contributed by atoms with Gasteiger partial charge in [0.15, 0.2) is 5.11 Å². The van der Waals surface area contributed by atoms with Gasteiger partial charge in [0.1, 0.15) is 5.82 Å². The number of carbonyl (C=O) groups excluding carboxylic acids is 2. The second-order valence-electron chi connectivity index (χ2n) is 10.2. The van der Waals surface area contributed by atoms with Crippen molar-refractivity contribution in [3.8, 4) is 0 Å². The van der Waals surface area contributed by atoms with Gasteiger partial charge in [-0.25, -0.2) is 14.0 Å². The molecule has 2 aliphatic heterocycles. The van der Waals surface area contributed by atoms with Crippen LogP contribution >= 0.6 is 12.2 Å². The Kier molecular flexibility index (Phi) is 11.3. The van der Waals surface area contributed by atoms with Crippen molar-refractivity contribution in [3.05, 3.63) is 52.1 Å². The topological polar surface area (TPSA) is 91.9 Å². The highest BCUT2D eigenvalue weighted by atomic mass is 32.1. The van der Waals surface area contributed by atoms with E-state index in [0.717, 1.165) is 32.0 Å². The number of benzene rings is 1. The van der Waals surface area contributed by atoms with Crippen LogP contribution in [0.3, 0.4) is 0 Å². The van der Waals surface area contributed by atoms with Crippen molar-refractivity contribution in [1.29, 1.82) is 0 Å². The van der Waals surface area contributed by atoms with E-state index in [1.165, 1.54) is 46.0 Å². The number of halogens is 1. The molecule has 2 heterocycles. The molecule has 0 aliphatic carbocycles. The summed E-state index contributed by atoms with van der Waals surface area (Å²) in [5.41, 5.74) is 2.26. The molecule has 1 fully saturated rings. The van der Waals surface area contributed by atoms with Gasteiger partial charge in [0.05, 0.1) is 37.0 Å². The average molecular weight is 561 g/mol. The molecule has 0 saturated carbocycles. The lowest BCUT2D eigenvalue weighted by Gasteiger charge is -2.31. The first-order chi connectivity index (χ1) is 18.7. The van der Waals surface area contributed by atoms with Gasteiger partial charge < -0.3 is 30.3 Å². The first-order valence-electron chi connectivity index (χ1n) is 13.6. The van der Waals surface area contributed by atoms with E-state index in [-0.39, 0.29) is 16.8 Å². The quantitative estimate of drug-likeness (QED) is 0.216. The lowest BCUT2D eigenvalue weighted by Crippen LogP contribution is -2.36. The van der Waals surface area contributed by atoms with Crippen LogP contribution in [0.15, 0.2) is 40.7 Å². The van der Waals surface area contributed by atoms with Gasteiger partial charge in [0, 0.05) is 17.9 Å². The molecule has 1 aromatic rings. The molecule has 3 N–H and O–H groups in total. The van der Waals surface area contributed by atoms with Gasteiger partial charge in [0.25, 0.3) is 0 Å². The van der Waals surface area contributed by atoms with E-state index in [9.17, 15) is 14.0 Å². The summed E-state index contributed by atoms with van der Waals surface area (Å²) in [6.07, 6.45) is 6.05. The van der Waals surface area contributed by atoms with E-state index >= 15 is 0 Å². The molecule has 3 rings (SSSR count). The minimum Gasteiger partial charge on any atom is -0.466 e. The third-order valence-corrected chi connectivity index (χ3v) is 7.73. The van der Waals surface area contributed by atoms with E-state index in [0.29, 0.717) is 28.6 Å². The maximum Gasteiger partial charge on any atom is 0.336 e. The molecule has 214 valence electrons. The van der Waals surface area contributed by atoms with Crippen LogP contribution in [0.5, 0.6) is 0 Å². The molecule has 0 spiro atoms. The van der Waals surface area contributed by atoms with Crippen molar-refractivity contribution in [1.82, 2.24) is 15.5 Å². The number of ether oxygens (including phenoxy) is 2. The second-order valence-corrected chi connectivity index (χ2v) is 10.6. The monoisotopic (exact) mass is 560 g/mol. The summed E-state index contributed by atoms with van der Waals surface area (Å²) in [7, 11) is 2.55. The van der Waals surface area contributed by atoms with E-state index in [2.05, 4.69) is 27.8 Å². The number of allylic oxidation sites excluding steroid dienone is 2. The molecular weight excluding hydrogens is 519 g/mol. The first-order valence-corrected chi connectivity index (χ1v) is 14.0. The Hall–Kier alpha value is -2.98. The predicted molar refractivity (Wildman–Crippen MR) is 155 cm³/mol. The van der Waals surface area contributed by atoms with Gasteiger partial charge in [-0.05, 0) is 88.6 Å². The van der Waals surface area contributed by atoms with Crippen LogP contribution in [0.2, 0.25) is 0 Å². The zero-order chi connectivity index (χ0) is 28.5. The number of rotatable bonds is 10. The number of hydrogen-bond donors (Lipinski definition) is 3. The van der Waals surface area contributed by atoms with Gasteiger partial charge >= 0.3 is 11.9 Å². The normalized spacial score (nSPS) is 17.1. The van der Waals surface area contributed by atoms with Crippen LogP contribution in [0.25, 0.3) is 0 Å². The molecular formula is C29H41FN4O4S. The minimum absolute atomic E-state index is 0.144. The van der Waals surface area contributed by atoms with E-state index in [1.807, 2.05) is 0 Å². The zero-order valence-electron chi connectivity index (χ0n) is 23.6. The summed E-state index contributed by atoms with van der Waals surface area (Å²) >= 11 is 5.43. The van der Waals surface area contributed by atoms with Crippen molar-refractivity contribution in [2.24, 2.45) is 5.92 Å². The molecule has 1 aromatic carbocycles. The van der Waals surface area contributed by atoms with E-state index < -0.39 is 23.7 Å². The minimum atomic E-state index is -0.810. The molecule has 0 unspecified atom stereocenters. The number of carbonyl (C=O) groups is 2. The Bertz CT molecular complexity index is 1090. The highest BCUT2D eigenvalue weighted by molar-refractivity contribution is 7.80. The molecule has 0 amide bonds. The number of nitrogens with one attached hydrogen (secondary N) is 3. The second kappa shape index (κ2) is 14.4.